The summed E-state index contributed by atoms with van der Waals surface area (Å²) in [4.78, 5) is 16.4. The summed E-state index contributed by atoms with van der Waals surface area (Å²) in [5.74, 6) is -4.41. The molecule has 3 rings (SSSR count). The predicted octanol–water partition coefficient (Wildman–Crippen LogP) is 3.68. The van der Waals surface area contributed by atoms with Crippen LogP contribution < -0.4 is 10.3 Å². The number of rotatable bonds is 5. The molecule has 0 amide bonds. The Kier molecular flexibility index (Phi) is 4.92. The van der Waals surface area contributed by atoms with Gasteiger partial charge in [-0.25, -0.2) is 4.98 Å². The zero-order valence-electron chi connectivity index (χ0n) is 14.3. The molecule has 0 saturated carbocycles. The van der Waals surface area contributed by atoms with Gasteiger partial charge in [0.15, 0.2) is 12.4 Å². The van der Waals surface area contributed by atoms with Gasteiger partial charge < -0.3 is 4.74 Å². The molecule has 148 valence electrons. The fourth-order valence-corrected chi connectivity index (χ4v) is 2.42. The molecule has 0 radical (unpaired) electrons. The normalized spacial score (nSPS) is 12.2. The Balaban J connectivity index is 2.03. The Bertz CT molecular complexity index is 1010. The number of nitrogens with one attached hydrogen (secondary N) is 1. The molecule has 0 spiro atoms. The van der Waals surface area contributed by atoms with Gasteiger partial charge in [-0.3, -0.25) is 14.5 Å². The number of hydrogen-bond acceptors (Lipinski definition) is 4. The highest BCUT2D eigenvalue weighted by molar-refractivity contribution is 5.56. The number of benzene rings is 1. The third-order valence-corrected chi connectivity index (χ3v) is 3.60. The highest BCUT2D eigenvalue weighted by Crippen LogP contribution is 2.29. The van der Waals surface area contributed by atoms with Crippen LogP contribution in [0.25, 0.3) is 16.9 Å². The average molecular weight is 400 g/mol. The number of alkyl halides is 5. The molecule has 0 aliphatic heterocycles. The van der Waals surface area contributed by atoms with E-state index in [-0.39, 0.29) is 17.1 Å². The molecule has 0 unspecified atom stereocenters. The highest BCUT2D eigenvalue weighted by Gasteiger charge is 2.32. The van der Waals surface area contributed by atoms with Crippen LogP contribution >= 0.6 is 0 Å². The van der Waals surface area contributed by atoms with E-state index in [0.717, 1.165) is 18.2 Å². The summed E-state index contributed by atoms with van der Waals surface area (Å²) >= 11 is 0. The highest BCUT2D eigenvalue weighted by atomic mass is 19.4. The summed E-state index contributed by atoms with van der Waals surface area (Å²) in [6.07, 6.45) is -1.78. The van der Waals surface area contributed by atoms with Gasteiger partial charge in [0, 0.05) is 24.8 Å². The van der Waals surface area contributed by atoms with Crippen LogP contribution in [0, 0.1) is 0 Å². The van der Waals surface area contributed by atoms with E-state index in [1.54, 1.807) is 0 Å². The lowest BCUT2D eigenvalue weighted by Gasteiger charge is -2.18. The molecule has 0 bridgehead atoms. The topological polar surface area (TPSA) is 72.8 Å². The van der Waals surface area contributed by atoms with Gasteiger partial charge in [-0.2, -0.15) is 27.1 Å². The van der Waals surface area contributed by atoms with Crippen molar-refractivity contribution < 1.29 is 26.7 Å². The molecule has 0 aliphatic rings. The van der Waals surface area contributed by atoms with Crippen molar-refractivity contribution in [3.8, 4) is 22.7 Å². The first-order valence-corrected chi connectivity index (χ1v) is 7.86. The molecular weight excluding hydrogens is 387 g/mol. The second kappa shape index (κ2) is 7.06. The van der Waals surface area contributed by atoms with Crippen molar-refractivity contribution in [3.63, 3.8) is 0 Å². The number of H-pyrrole nitrogens is 1. The molecular formula is C17H13F5N4O2. The van der Waals surface area contributed by atoms with Gasteiger partial charge >= 0.3 is 12.1 Å². The van der Waals surface area contributed by atoms with E-state index in [1.165, 1.54) is 24.5 Å². The van der Waals surface area contributed by atoms with Gasteiger partial charge in [0.25, 0.3) is 5.56 Å². The molecule has 11 heteroatoms. The van der Waals surface area contributed by atoms with Crippen molar-refractivity contribution in [3.05, 3.63) is 58.9 Å². The first-order valence-electron chi connectivity index (χ1n) is 7.86. The van der Waals surface area contributed by atoms with Crippen molar-refractivity contribution in [2.75, 3.05) is 6.61 Å². The second-order valence-electron chi connectivity index (χ2n) is 5.91. The maximum atomic E-state index is 14.1. The fourth-order valence-electron chi connectivity index (χ4n) is 2.42. The third kappa shape index (κ3) is 4.35. The van der Waals surface area contributed by atoms with E-state index < -0.39 is 30.1 Å². The van der Waals surface area contributed by atoms with Gasteiger partial charge in [-0.1, -0.05) is 0 Å². The second-order valence-corrected chi connectivity index (χ2v) is 5.91. The molecule has 28 heavy (non-hydrogen) atoms. The Hall–Kier alpha value is -3.24. The van der Waals surface area contributed by atoms with Crippen LogP contribution in [-0.4, -0.2) is 32.5 Å². The van der Waals surface area contributed by atoms with E-state index in [1.807, 2.05) is 0 Å². The zero-order valence-corrected chi connectivity index (χ0v) is 14.3. The molecule has 1 N–H and O–H groups in total. The van der Waals surface area contributed by atoms with Gasteiger partial charge in [0.05, 0.1) is 17.6 Å². The lowest BCUT2D eigenvalue weighted by Crippen LogP contribution is -2.29. The predicted molar refractivity (Wildman–Crippen MR) is 88.5 cm³/mol. The van der Waals surface area contributed by atoms with E-state index in [0.29, 0.717) is 17.1 Å². The van der Waals surface area contributed by atoms with E-state index >= 15 is 0 Å². The van der Waals surface area contributed by atoms with E-state index in [4.69, 9.17) is 0 Å². The molecule has 0 fully saturated rings. The smallest absolute Gasteiger partial charge is 0.422 e. The molecule has 3 aromatic rings. The number of nitrogens with zero attached hydrogens (tertiary/aromatic N) is 3. The number of ether oxygens (including phenoxy) is 1. The summed E-state index contributed by atoms with van der Waals surface area (Å²) in [6.45, 7) is -0.906. The fraction of sp³-hybridized carbons (Fsp3) is 0.235. The summed E-state index contributed by atoms with van der Waals surface area (Å²) in [5, 5.41) is 6.19. The largest absolute Gasteiger partial charge is 0.484 e. The zero-order chi connectivity index (χ0) is 20.5. The number of halogens is 5. The number of aromatic amines is 1. The molecule has 1 aromatic carbocycles. The van der Waals surface area contributed by atoms with Crippen LogP contribution in [0.1, 0.15) is 12.7 Å². The standard InChI is InChI=1S/C17H13F5N4O2/c1-16(18,19)15-25-13(10-7-23-24-8-10)6-14(27)26(15)11-2-4-12(5-3-11)28-9-17(20,21)22/h2-8H,9H2,1H3,(H,23,24). The van der Waals surface area contributed by atoms with Crippen molar-refractivity contribution in [1.82, 2.24) is 19.7 Å². The molecule has 0 saturated heterocycles. The summed E-state index contributed by atoms with van der Waals surface area (Å²) in [5.41, 5.74) is -0.416. The number of aromatic nitrogens is 4. The first-order chi connectivity index (χ1) is 13.0. The molecule has 2 aromatic heterocycles. The van der Waals surface area contributed by atoms with E-state index in [9.17, 15) is 26.7 Å². The van der Waals surface area contributed by atoms with Crippen LogP contribution in [0.15, 0.2) is 47.5 Å². The molecule has 0 atom stereocenters. The van der Waals surface area contributed by atoms with Gasteiger partial charge in [-0.15, -0.1) is 0 Å². The molecule has 2 heterocycles. The van der Waals surface area contributed by atoms with Crippen LogP contribution in [0.4, 0.5) is 22.0 Å². The quantitative estimate of drug-likeness (QED) is 0.664. The number of hydrogen-bond donors (Lipinski definition) is 1. The Morgan fingerprint density at radius 3 is 2.36 bits per heavy atom. The maximum absolute atomic E-state index is 14.1. The van der Waals surface area contributed by atoms with Crippen LogP contribution in [0.3, 0.4) is 0 Å². The average Bonchev–Trinajstić information content (AvgIpc) is 3.13. The summed E-state index contributed by atoms with van der Waals surface area (Å²) in [7, 11) is 0. The van der Waals surface area contributed by atoms with E-state index in [2.05, 4.69) is 19.9 Å². The minimum Gasteiger partial charge on any atom is -0.484 e. The lowest BCUT2D eigenvalue weighted by molar-refractivity contribution is -0.153. The van der Waals surface area contributed by atoms with Gasteiger partial charge in [0.2, 0.25) is 0 Å². The lowest BCUT2D eigenvalue weighted by atomic mass is 10.2. The molecule has 0 aliphatic carbocycles. The summed E-state index contributed by atoms with van der Waals surface area (Å²) in [6, 6.07) is 5.75. The summed E-state index contributed by atoms with van der Waals surface area (Å²) < 4.78 is 70.2. The van der Waals surface area contributed by atoms with Crippen LogP contribution in [0.5, 0.6) is 5.75 Å². The minimum absolute atomic E-state index is 0.00660. The molecule has 6 nitrogen and oxygen atoms in total. The maximum Gasteiger partial charge on any atom is 0.422 e. The van der Waals surface area contributed by atoms with Crippen LogP contribution in [0.2, 0.25) is 0 Å². The SMILES string of the molecule is CC(F)(F)c1nc(-c2cn[nH]c2)cc(=O)n1-c1ccc(OCC(F)(F)F)cc1. The minimum atomic E-state index is -4.51. The Labute approximate surface area is 154 Å². The third-order valence-electron chi connectivity index (χ3n) is 3.60. The van der Waals surface area contributed by atoms with Crippen molar-refractivity contribution in [2.45, 2.75) is 19.0 Å². The van der Waals surface area contributed by atoms with Crippen molar-refractivity contribution in [2.24, 2.45) is 0 Å². The monoisotopic (exact) mass is 400 g/mol. The Morgan fingerprint density at radius 1 is 1.14 bits per heavy atom. The van der Waals surface area contributed by atoms with Gasteiger partial charge in [0.1, 0.15) is 5.75 Å². The van der Waals surface area contributed by atoms with Crippen molar-refractivity contribution in [1.29, 1.82) is 0 Å². The van der Waals surface area contributed by atoms with Crippen LogP contribution in [-0.2, 0) is 5.92 Å². The Morgan fingerprint density at radius 2 is 1.82 bits per heavy atom. The van der Waals surface area contributed by atoms with Crippen molar-refractivity contribution >= 4 is 0 Å². The first kappa shape index (κ1) is 19.5. The van der Waals surface area contributed by atoms with Gasteiger partial charge in [-0.05, 0) is 24.3 Å².